The number of para-hydroxylation sites is 2. The van der Waals surface area contributed by atoms with Gasteiger partial charge in [-0.1, -0.05) is 12.1 Å². The normalized spacial score (nSPS) is 16.8. The molecule has 0 saturated heterocycles. The van der Waals surface area contributed by atoms with Crippen molar-refractivity contribution in [2.75, 3.05) is 20.2 Å². The van der Waals surface area contributed by atoms with Gasteiger partial charge in [0.2, 0.25) is 0 Å². The highest BCUT2D eigenvalue weighted by molar-refractivity contribution is 5.79. The Morgan fingerprint density at radius 3 is 2.71 bits per heavy atom. The van der Waals surface area contributed by atoms with Gasteiger partial charge in [0.15, 0.2) is 17.5 Å². The van der Waals surface area contributed by atoms with E-state index >= 15 is 0 Å². The fourth-order valence-corrected chi connectivity index (χ4v) is 2.63. The Morgan fingerprint density at radius 2 is 2.00 bits per heavy atom. The number of aryl methyl sites for hydroxylation is 2. The van der Waals surface area contributed by atoms with Gasteiger partial charge < -0.3 is 24.5 Å². The standard InChI is InChI=1S/C18H23N3O3/c1-12-8-14(13(2)23-12)9-20-18(19-3)21-10-15-11-22-16-6-4-5-7-17(16)24-15/h4-8,15H,9-11H2,1-3H3,(H2,19,20,21). The minimum Gasteiger partial charge on any atom is -0.486 e. The molecule has 1 unspecified atom stereocenters. The van der Waals surface area contributed by atoms with Crippen molar-refractivity contribution < 1.29 is 13.9 Å². The molecule has 1 aliphatic heterocycles. The monoisotopic (exact) mass is 329 g/mol. The van der Waals surface area contributed by atoms with Gasteiger partial charge in [0.05, 0.1) is 6.54 Å². The van der Waals surface area contributed by atoms with Gasteiger partial charge in [-0.05, 0) is 32.0 Å². The first-order valence-electron chi connectivity index (χ1n) is 8.04. The topological polar surface area (TPSA) is 68.0 Å². The summed E-state index contributed by atoms with van der Waals surface area (Å²) >= 11 is 0. The van der Waals surface area contributed by atoms with E-state index in [9.17, 15) is 0 Å². The highest BCUT2D eigenvalue weighted by Gasteiger charge is 2.20. The molecule has 24 heavy (non-hydrogen) atoms. The van der Waals surface area contributed by atoms with Gasteiger partial charge in [0.25, 0.3) is 0 Å². The van der Waals surface area contributed by atoms with Crippen LogP contribution in [0.1, 0.15) is 17.1 Å². The number of nitrogens with one attached hydrogen (secondary N) is 2. The van der Waals surface area contributed by atoms with Crippen LogP contribution in [-0.4, -0.2) is 32.3 Å². The van der Waals surface area contributed by atoms with Gasteiger partial charge in [-0.3, -0.25) is 4.99 Å². The summed E-state index contributed by atoms with van der Waals surface area (Å²) in [7, 11) is 1.75. The molecular formula is C18H23N3O3. The van der Waals surface area contributed by atoms with Gasteiger partial charge >= 0.3 is 0 Å². The van der Waals surface area contributed by atoms with Crippen LogP contribution in [0.15, 0.2) is 39.7 Å². The first-order chi connectivity index (χ1) is 11.7. The maximum atomic E-state index is 5.93. The van der Waals surface area contributed by atoms with Gasteiger partial charge in [0.1, 0.15) is 24.2 Å². The van der Waals surface area contributed by atoms with Crippen molar-refractivity contribution >= 4 is 5.96 Å². The fraction of sp³-hybridized carbons (Fsp3) is 0.389. The van der Waals surface area contributed by atoms with E-state index in [1.807, 2.05) is 44.2 Å². The molecule has 6 nitrogen and oxygen atoms in total. The zero-order valence-electron chi connectivity index (χ0n) is 14.3. The van der Waals surface area contributed by atoms with Crippen molar-refractivity contribution in [2.45, 2.75) is 26.5 Å². The van der Waals surface area contributed by atoms with Crippen LogP contribution in [0, 0.1) is 13.8 Å². The molecule has 0 fully saturated rings. The molecule has 0 amide bonds. The van der Waals surface area contributed by atoms with Gasteiger partial charge in [0, 0.05) is 19.2 Å². The maximum Gasteiger partial charge on any atom is 0.191 e. The number of ether oxygens (including phenoxy) is 2. The second-order valence-electron chi connectivity index (χ2n) is 5.74. The zero-order chi connectivity index (χ0) is 16.9. The Kier molecular flexibility index (Phi) is 4.93. The minimum atomic E-state index is -0.0589. The van der Waals surface area contributed by atoms with E-state index in [1.54, 1.807) is 7.05 Å². The Labute approximate surface area is 141 Å². The summed E-state index contributed by atoms with van der Waals surface area (Å²) in [6.07, 6.45) is -0.0589. The number of furan rings is 1. The van der Waals surface area contributed by atoms with Crippen molar-refractivity contribution in [2.24, 2.45) is 4.99 Å². The van der Waals surface area contributed by atoms with E-state index in [4.69, 9.17) is 13.9 Å². The van der Waals surface area contributed by atoms with Crippen LogP contribution in [0.4, 0.5) is 0 Å². The van der Waals surface area contributed by atoms with Crippen LogP contribution < -0.4 is 20.1 Å². The molecule has 1 aliphatic rings. The van der Waals surface area contributed by atoms with Crippen molar-refractivity contribution in [3.05, 3.63) is 47.4 Å². The molecule has 1 atom stereocenters. The van der Waals surface area contributed by atoms with Crippen LogP contribution in [0.5, 0.6) is 11.5 Å². The lowest BCUT2D eigenvalue weighted by Crippen LogP contribution is -2.45. The number of rotatable bonds is 4. The fourth-order valence-electron chi connectivity index (χ4n) is 2.63. The molecular weight excluding hydrogens is 306 g/mol. The SMILES string of the molecule is CN=C(NCc1cc(C)oc1C)NCC1COc2ccccc2O1. The molecule has 2 aromatic rings. The molecule has 0 saturated carbocycles. The minimum absolute atomic E-state index is 0.0589. The molecule has 128 valence electrons. The summed E-state index contributed by atoms with van der Waals surface area (Å²) in [5.74, 6) is 4.13. The maximum absolute atomic E-state index is 5.93. The van der Waals surface area contributed by atoms with Crippen LogP contribution in [0.25, 0.3) is 0 Å². The van der Waals surface area contributed by atoms with Crippen LogP contribution in [0.3, 0.4) is 0 Å². The smallest absolute Gasteiger partial charge is 0.191 e. The summed E-state index contributed by atoms with van der Waals surface area (Å²) in [5, 5.41) is 6.55. The molecule has 1 aromatic carbocycles. The summed E-state index contributed by atoms with van der Waals surface area (Å²) in [6, 6.07) is 9.73. The molecule has 0 spiro atoms. The molecule has 2 heterocycles. The third-order valence-electron chi connectivity index (χ3n) is 3.88. The number of benzene rings is 1. The predicted octanol–water partition coefficient (Wildman–Crippen LogP) is 2.40. The molecule has 0 aliphatic carbocycles. The van der Waals surface area contributed by atoms with E-state index < -0.39 is 0 Å². The van der Waals surface area contributed by atoms with E-state index in [2.05, 4.69) is 15.6 Å². The highest BCUT2D eigenvalue weighted by Crippen LogP contribution is 2.30. The number of hydrogen-bond donors (Lipinski definition) is 2. The first-order valence-corrected chi connectivity index (χ1v) is 8.04. The number of hydrogen-bond acceptors (Lipinski definition) is 4. The predicted molar refractivity (Wildman–Crippen MR) is 92.7 cm³/mol. The molecule has 2 N–H and O–H groups in total. The second kappa shape index (κ2) is 7.29. The molecule has 0 radical (unpaired) electrons. The van der Waals surface area contributed by atoms with Crippen molar-refractivity contribution in [1.82, 2.24) is 10.6 Å². The third-order valence-corrected chi connectivity index (χ3v) is 3.88. The quantitative estimate of drug-likeness (QED) is 0.666. The second-order valence-corrected chi connectivity index (χ2v) is 5.74. The lowest BCUT2D eigenvalue weighted by Gasteiger charge is -2.27. The number of aliphatic imine (C=N–C) groups is 1. The number of fused-ring (bicyclic) bond motifs is 1. The van der Waals surface area contributed by atoms with Crippen molar-refractivity contribution in [3.63, 3.8) is 0 Å². The molecule has 0 bridgehead atoms. The van der Waals surface area contributed by atoms with E-state index in [-0.39, 0.29) is 6.10 Å². The van der Waals surface area contributed by atoms with Gasteiger partial charge in [-0.15, -0.1) is 0 Å². The van der Waals surface area contributed by atoms with Crippen molar-refractivity contribution in [3.8, 4) is 11.5 Å². The summed E-state index contributed by atoms with van der Waals surface area (Å²) in [6.45, 7) is 5.69. The average Bonchev–Trinajstić information content (AvgIpc) is 2.92. The summed E-state index contributed by atoms with van der Waals surface area (Å²) < 4.78 is 17.2. The number of nitrogens with zero attached hydrogens (tertiary/aromatic N) is 1. The average molecular weight is 329 g/mol. The largest absolute Gasteiger partial charge is 0.486 e. The highest BCUT2D eigenvalue weighted by atomic mass is 16.6. The summed E-state index contributed by atoms with van der Waals surface area (Å²) in [4.78, 5) is 4.24. The van der Waals surface area contributed by atoms with E-state index in [0.29, 0.717) is 19.7 Å². The Bertz CT molecular complexity index is 724. The van der Waals surface area contributed by atoms with E-state index in [0.717, 1.165) is 34.5 Å². The first kappa shape index (κ1) is 16.2. The van der Waals surface area contributed by atoms with Gasteiger partial charge in [-0.25, -0.2) is 0 Å². The molecule has 6 heteroatoms. The lowest BCUT2D eigenvalue weighted by molar-refractivity contribution is 0.0936. The lowest BCUT2D eigenvalue weighted by atomic mass is 10.2. The molecule has 3 rings (SSSR count). The van der Waals surface area contributed by atoms with Crippen LogP contribution in [0.2, 0.25) is 0 Å². The molecule has 1 aromatic heterocycles. The summed E-state index contributed by atoms with van der Waals surface area (Å²) in [5.41, 5.74) is 1.13. The number of guanidine groups is 1. The Balaban J connectivity index is 1.49. The van der Waals surface area contributed by atoms with Crippen LogP contribution >= 0.6 is 0 Å². The van der Waals surface area contributed by atoms with Crippen molar-refractivity contribution in [1.29, 1.82) is 0 Å². The Morgan fingerprint density at radius 1 is 1.21 bits per heavy atom. The van der Waals surface area contributed by atoms with Gasteiger partial charge in [-0.2, -0.15) is 0 Å². The third kappa shape index (κ3) is 3.82. The van der Waals surface area contributed by atoms with E-state index in [1.165, 1.54) is 0 Å². The Hall–Kier alpha value is -2.63. The zero-order valence-corrected chi connectivity index (χ0v) is 14.3. The van der Waals surface area contributed by atoms with Crippen LogP contribution in [-0.2, 0) is 6.54 Å².